The van der Waals surface area contributed by atoms with Crippen molar-refractivity contribution in [1.29, 1.82) is 0 Å². The van der Waals surface area contributed by atoms with Crippen LogP contribution >= 0.6 is 0 Å². The summed E-state index contributed by atoms with van der Waals surface area (Å²) in [6.45, 7) is 1.57. The fourth-order valence-corrected chi connectivity index (χ4v) is 2.83. The molecule has 4 heteroatoms. The molecule has 0 saturated heterocycles. The van der Waals surface area contributed by atoms with Crippen LogP contribution in [-0.4, -0.2) is 22.6 Å². The van der Waals surface area contributed by atoms with E-state index in [1.165, 1.54) is 18.4 Å². The Hall–Kier alpha value is -1.94. The molecule has 1 aromatic carbocycles. The lowest BCUT2D eigenvalue weighted by Gasteiger charge is -2.24. The smallest absolute Gasteiger partial charge is 0.136 e. The lowest BCUT2D eigenvalue weighted by Crippen LogP contribution is -2.20. The summed E-state index contributed by atoms with van der Waals surface area (Å²) in [5.41, 5.74) is 2.28. The highest BCUT2D eigenvalue weighted by atomic mass is 16.5. The van der Waals surface area contributed by atoms with Crippen LogP contribution in [0.5, 0.6) is 5.75 Å². The van der Waals surface area contributed by atoms with Crippen molar-refractivity contribution in [3.05, 3.63) is 53.6 Å². The molecular formula is C17H19N3O. The second-order valence-electron chi connectivity index (χ2n) is 5.79. The Kier molecular flexibility index (Phi) is 3.31. The summed E-state index contributed by atoms with van der Waals surface area (Å²) >= 11 is 0. The van der Waals surface area contributed by atoms with Gasteiger partial charge in [0.1, 0.15) is 11.6 Å². The molecule has 1 unspecified atom stereocenters. The Labute approximate surface area is 124 Å². The van der Waals surface area contributed by atoms with Crippen molar-refractivity contribution in [2.45, 2.75) is 37.8 Å². The summed E-state index contributed by atoms with van der Waals surface area (Å²) in [5.74, 6) is 2.13. The molecule has 0 bridgehead atoms. The van der Waals surface area contributed by atoms with Gasteiger partial charge in [0.15, 0.2) is 0 Å². The Balaban J connectivity index is 1.59. The Morgan fingerprint density at radius 2 is 2.05 bits per heavy atom. The van der Waals surface area contributed by atoms with Crippen LogP contribution in [0.3, 0.4) is 0 Å². The van der Waals surface area contributed by atoms with E-state index in [9.17, 15) is 0 Å². The number of nitrogens with zero attached hydrogens (tertiary/aromatic N) is 2. The molecule has 1 atom stereocenters. The molecule has 4 nitrogen and oxygen atoms in total. The van der Waals surface area contributed by atoms with E-state index in [2.05, 4.69) is 22.4 Å². The van der Waals surface area contributed by atoms with Gasteiger partial charge in [-0.2, -0.15) is 0 Å². The summed E-state index contributed by atoms with van der Waals surface area (Å²) in [4.78, 5) is 9.28. The molecular weight excluding hydrogens is 262 g/mol. The molecule has 2 aliphatic rings. The van der Waals surface area contributed by atoms with E-state index in [0.29, 0.717) is 6.04 Å². The second kappa shape index (κ2) is 5.45. The molecule has 4 rings (SSSR count). The van der Waals surface area contributed by atoms with Crippen LogP contribution < -0.4 is 10.1 Å². The van der Waals surface area contributed by atoms with E-state index in [4.69, 9.17) is 9.72 Å². The average molecular weight is 281 g/mol. The number of ether oxygens (including phenoxy) is 1. The fraction of sp³-hybridized carbons (Fsp3) is 0.412. The lowest BCUT2D eigenvalue weighted by molar-refractivity contribution is 0.274. The zero-order chi connectivity index (χ0) is 14.1. The van der Waals surface area contributed by atoms with Crippen LogP contribution in [0.25, 0.3) is 0 Å². The number of fused-ring (bicyclic) bond motifs is 1. The van der Waals surface area contributed by atoms with Gasteiger partial charge in [0.25, 0.3) is 0 Å². The van der Waals surface area contributed by atoms with Gasteiger partial charge in [-0.05, 0) is 31.4 Å². The second-order valence-corrected chi connectivity index (χ2v) is 5.79. The van der Waals surface area contributed by atoms with Gasteiger partial charge >= 0.3 is 0 Å². The standard InChI is InChI=1S/C17H19N3O/c1-2-4-16-14(3-1)15(8-10-21-16)17-18-9-7-13(20-17)11-19-12-5-6-12/h1-4,7,9,12,15,19H,5-6,8,10-11H2. The third-order valence-corrected chi connectivity index (χ3v) is 4.15. The summed E-state index contributed by atoms with van der Waals surface area (Å²) in [7, 11) is 0. The van der Waals surface area contributed by atoms with Crippen molar-refractivity contribution in [3.8, 4) is 5.75 Å². The maximum absolute atomic E-state index is 5.72. The first-order valence-corrected chi connectivity index (χ1v) is 7.67. The van der Waals surface area contributed by atoms with Crippen molar-refractivity contribution < 1.29 is 4.74 Å². The molecule has 21 heavy (non-hydrogen) atoms. The number of benzene rings is 1. The molecule has 1 aliphatic carbocycles. The van der Waals surface area contributed by atoms with Gasteiger partial charge in [0, 0.05) is 24.3 Å². The molecule has 1 N–H and O–H groups in total. The van der Waals surface area contributed by atoms with Crippen molar-refractivity contribution in [1.82, 2.24) is 15.3 Å². The van der Waals surface area contributed by atoms with Gasteiger partial charge in [-0.3, -0.25) is 0 Å². The van der Waals surface area contributed by atoms with E-state index < -0.39 is 0 Å². The van der Waals surface area contributed by atoms with Crippen LogP contribution in [0.2, 0.25) is 0 Å². The van der Waals surface area contributed by atoms with Gasteiger partial charge in [0.2, 0.25) is 0 Å². The van der Waals surface area contributed by atoms with Gasteiger partial charge in [-0.15, -0.1) is 0 Å². The molecule has 0 amide bonds. The quantitative estimate of drug-likeness (QED) is 0.936. The monoisotopic (exact) mass is 281 g/mol. The maximum Gasteiger partial charge on any atom is 0.136 e. The number of nitrogens with one attached hydrogen (secondary N) is 1. The minimum atomic E-state index is 0.246. The molecule has 1 fully saturated rings. The summed E-state index contributed by atoms with van der Waals surface area (Å²) in [5, 5.41) is 3.51. The highest BCUT2D eigenvalue weighted by Gasteiger charge is 2.25. The number of para-hydroxylation sites is 1. The normalized spacial score (nSPS) is 20.7. The fourth-order valence-electron chi connectivity index (χ4n) is 2.83. The predicted octanol–water partition coefficient (Wildman–Crippen LogP) is 2.64. The summed E-state index contributed by atoms with van der Waals surface area (Å²) < 4.78 is 5.72. The van der Waals surface area contributed by atoms with E-state index in [0.717, 1.165) is 36.8 Å². The van der Waals surface area contributed by atoms with Crippen LogP contribution in [0.15, 0.2) is 36.5 Å². The molecule has 1 saturated carbocycles. The number of hydrogen-bond donors (Lipinski definition) is 1. The minimum Gasteiger partial charge on any atom is -0.493 e. The Bertz CT molecular complexity index is 639. The number of rotatable bonds is 4. The SMILES string of the molecule is c1ccc2c(c1)OCCC2c1nccc(CNC2CC2)n1. The average Bonchev–Trinajstić information content (AvgIpc) is 3.37. The zero-order valence-corrected chi connectivity index (χ0v) is 12.0. The molecule has 1 aliphatic heterocycles. The van der Waals surface area contributed by atoms with Gasteiger partial charge in [-0.1, -0.05) is 18.2 Å². The van der Waals surface area contributed by atoms with E-state index in [-0.39, 0.29) is 5.92 Å². The van der Waals surface area contributed by atoms with Crippen molar-refractivity contribution in [2.24, 2.45) is 0 Å². The molecule has 0 radical (unpaired) electrons. The molecule has 0 spiro atoms. The summed E-state index contributed by atoms with van der Waals surface area (Å²) in [6, 6.07) is 10.9. The first-order valence-electron chi connectivity index (χ1n) is 7.67. The third-order valence-electron chi connectivity index (χ3n) is 4.15. The van der Waals surface area contributed by atoms with E-state index >= 15 is 0 Å². The Morgan fingerprint density at radius 3 is 2.95 bits per heavy atom. The molecule has 2 heterocycles. The first kappa shape index (κ1) is 12.8. The van der Waals surface area contributed by atoms with Crippen LogP contribution in [-0.2, 0) is 6.54 Å². The highest BCUT2D eigenvalue weighted by Crippen LogP contribution is 2.36. The molecule has 108 valence electrons. The van der Waals surface area contributed by atoms with E-state index in [1.54, 1.807) is 0 Å². The summed E-state index contributed by atoms with van der Waals surface area (Å²) in [6.07, 6.45) is 5.41. The molecule has 2 aromatic rings. The predicted molar refractivity (Wildman–Crippen MR) is 80.3 cm³/mol. The van der Waals surface area contributed by atoms with Gasteiger partial charge in [0.05, 0.1) is 18.2 Å². The Morgan fingerprint density at radius 1 is 1.14 bits per heavy atom. The number of hydrogen-bond acceptors (Lipinski definition) is 4. The third kappa shape index (κ3) is 2.76. The highest BCUT2D eigenvalue weighted by molar-refractivity contribution is 5.40. The van der Waals surface area contributed by atoms with Gasteiger partial charge in [-0.25, -0.2) is 9.97 Å². The first-order chi connectivity index (χ1) is 10.4. The van der Waals surface area contributed by atoms with Crippen molar-refractivity contribution in [2.75, 3.05) is 6.61 Å². The lowest BCUT2D eigenvalue weighted by atomic mass is 9.92. The largest absolute Gasteiger partial charge is 0.493 e. The molecule has 1 aromatic heterocycles. The van der Waals surface area contributed by atoms with Crippen molar-refractivity contribution in [3.63, 3.8) is 0 Å². The van der Waals surface area contributed by atoms with E-state index in [1.807, 2.05) is 24.4 Å². The van der Waals surface area contributed by atoms with Gasteiger partial charge < -0.3 is 10.1 Å². The topological polar surface area (TPSA) is 47.0 Å². The van der Waals surface area contributed by atoms with Crippen LogP contribution in [0, 0.1) is 0 Å². The zero-order valence-electron chi connectivity index (χ0n) is 12.0. The van der Waals surface area contributed by atoms with Crippen LogP contribution in [0.4, 0.5) is 0 Å². The number of aromatic nitrogens is 2. The maximum atomic E-state index is 5.72. The van der Waals surface area contributed by atoms with Crippen molar-refractivity contribution >= 4 is 0 Å². The minimum absolute atomic E-state index is 0.246. The van der Waals surface area contributed by atoms with Crippen LogP contribution in [0.1, 0.15) is 42.3 Å².